The highest BCUT2D eigenvalue weighted by molar-refractivity contribution is 7.13. The molecule has 2 aromatic rings. The van der Waals surface area contributed by atoms with E-state index in [1.807, 2.05) is 57.5 Å². The minimum Gasteiger partial charge on any atom is -0.391 e. The summed E-state index contributed by atoms with van der Waals surface area (Å²) in [6.45, 7) is 11.4. The van der Waals surface area contributed by atoms with Crippen LogP contribution >= 0.6 is 36.2 Å². The molecule has 3 amide bonds. The minimum atomic E-state index is -0.823. The highest BCUT2D eigenvalue weighted by atomic mass is 35.5. The Bertz CT molecular complexity index is 1170. The molecule has 3 heterocycles. The monoisotopic (exact) mass is 628 g/mol. The van der Waals surface area contributed by atoms with Gasteiger partial charge in [-0.2, -0.15) is 0 Å². The lowest BCUT2D eigenvalue weighted by molar-refractivity contribution is -0.144. The Kier molecular flexibility index (Phi) is 13.0. The summed E-state index contributed by atoms with van der Waals surface area (Å²) < 4.78 is 0. The van der Waals surface area contributed by atoms with Gasteiger partial charge in [-0.15, -0.1) is 36.2 Å². The fourth-order valence-corrected chi connectivity index (χ4v) is 5.87. The molecule has 2 aliphatic heterocycles. The van der Waals surface area contributed by atoms with E-state index in [4.69, 9.17) is 0 Å². The second-order valence-corrected chi connectivity index (χ2v) is 12.3. The fraction of sp³-hybridized carbons (Fsp3) is 0.571. The summed E-state index contributed by atoms with van der Waals surface area (Å²) >= 11 is 1.59. The van der Waals surface area contributed by atoms with Crippen LogP contribution in [0.4, 0.5) is 0 Å². The molecule has 13 heteroatoms. The summed E-state index contributed by atoms with van der Waals surface area (Å²) in [5.74, 6) is -0.887. The molecule has 0 aliphatic carbocycles. The number of halogens is 2. The maximum Gasteiger partial charge on any atom is 0.246 e. The van der Waals surface area contributed by atoms with Gasteiger partial charge in [0.2, 0.25) is 17.7 Å². The number of nitrogens with one attached hydrogen (secondary N) is 3. The van der Waals surface area contributed by atoms with Gasteiger partial charge >= 0.3 is 0 Å². The zero-order valence-corrected chi connectivity index (χ0v) is 26.5. The Morgan fingerprint density at radius 1 is 1.15 bits per heavy atom. The fourth-order valence-electron chi connectivity index (χ4n) is 5.06. The molecule has 228 valence electrons. The van der Waals surface area contributed by atoms with Gasteiger partial charge < -0.3 is 26.0 Å². The normalized spacial score (nSPS) is 20.0. The van der Waals surface area contributed by atoms with E-state index in [1.54, 1.807) is 11.3 Å². The van der Waals surface area contributed by atoms with Gasteiger partial charge in [-0.1, -0.05) is 45.0 Å². The van der Waals surface area contributed by atoms with E-state index in [0.717, 1.165) is 47.9 Å². The van der Waals surface area contributed by atoms with E-state index in [9.17, 15) is 19.5 Å². The van der Waals surface area contributed by atoms with Crippen molar-refractivity contribution in [2.75, 3.05) is 39.3 Å². The largest absolute Gasteiger partial charge is 0.391 e. The molecule has 0 unspecified atom stereocenters. The average molecular weight is 630 g/mol. The molecule has 2 saturated heterocycles. The van der Waals surface area contributed by atoms with Crippen LogP contribution in [0.1, 0.15) is 38.4 Å². The Morgan fingerprint density at radius 3 is 2.39 bits per heavy atom. The summed E-state index contributed by atoms with van der Waals surface area (Å²) in [6, 6.07) is 6.32. The Labute approximate surface area is 258 Å². The summed E-state index contributed by atoms with van der Waals surface area (Å²) in [5, 5.41) is 19.5. The number of benzene rings is 1. The maximum atomic E-state index is 13.7. The number of hydrogen-bond acceptors (Lipinski definition) is 8. The number of β-amino-alcohol motifs (C(OH)–C–C–N with tert-alkyl or cyclic N) is 1. The summed E-state index contributed by atoms with van der Waals surface area (Å²) in [4.78, 5) is 48.7. The van der Waals surface area contributed by atoms with Crippen LogP contribution in [-0.4, -0.2) is 95.1 Å². The first-order valence-corrected chi connectivity index (χ1v) is 14.4. The average Bonchev–Trinajstić information content (AvgIpc) is 3.51. The zero-order valence-electron chi connectivity index (χ0n) is 24.0. The molecule has 1 aromatic heterocycles. The van der Waals surface area contributed by atoms with Crippen molar-refractivity contribution in [3.63, 3.8) is 0 Å². The van der Waals surface area contributed by atoms with E-state index < -0.39 is 23.6 Å². The van der Waals surface area contributed by atoms with Crippen LogP contribution < -0.4 is 16.0 Å². The van der Waals surface area contributed by atoms with Crippen LogP contribution in [0.2, 0.25) is 0 Å². The minimum absolute atomic E-state index is 0. The predicted octanol–water partition coefficient (Wildman–Crippen LogP) is 1.98. The number of aromatic nitrogens is 1. The first-order valence-electron chi connectivity index (χ1n) is 13.5. The quantitative estimate of drug-likeness (QED) is 0.352. The number of thiazole rings is 1. The number of aliphatic hydroxyl groups excluding tert-OH is 1. The van der Waals surface area contributed by atoms with Crippen molar-refractivity contribution in [2.24, 2.45) is 5.41 Å². The molecule has 2 aliphatic rings. The van der Waals surface area contributed by atoms with E-state index in [2.05, 4.69) is 25.8 Å². The third-order valence-corrected chi connectivity index (χ3v) is 8.27. The highest BCUT2D eigenvalue weighted by Gasteiger charge is 2.44. The number of piperazine rings is 1. The topological polar surface area (TPSA) is 127 Å². The van der Waals surface area contributed by atoms with Crippen molar-refractivity contribution < 1.29 is 19.5 Å². The van der Waals surface area contributed by atoms with Crippen molar-refractivity contribution in [2.45, 2.75) is 58.8 Å². The number of rotatable bonds is 8. The number of amides is 3. The lowest BCUT2D eigenvalue weighted by Gasteiger charge is -2.36. The van der Waals surface area contributed by atoms with Crippen LogP contribution in [0.15, 0.2) is 29.8 Å². The van der Waals surface area contributed by atoms with E-state index in [-0.39, 0.29) is 62.0 Å². The summed E-state index contributed by atoms with van der Waals surface area (Å²) in [5.41, 5.74) is 4.23. The molecule has 0 saturated carbocycles. The lowest BCUT2D eigenvalue weighted by Crippen LogP contribution is -2.59. The number of likely N-dealkylation sites (tertiary alicyclic amines) is 1. The Balaban J connectivity index is 0.00000294. The smallest absolute Gasteiger partial charge is 0.246 e. The first-order chi connectivity index (χ1) is 18.5. The number of aryl methyl sites for hydroxylation is 1. The SMILES string of the molecule is Cc1ncsc1-c1ccc(CNC(=O)[C@@H]2C[C@@H](O)CN2C(=O)[C@@H](NC(=O)CN2CCNCC2)C(C)(C)C)cc1.Cl.Cl. The summed E-state index contributed by atoms with van der Waals surface area (Å²) in [7, 11) is 0. The number of nitrogens with zero attached hydrogens (tertiary/aromatic N) is 3. The highest BCUT2D eigenvalue weighted by Crippen LogP contribution is 2.28. The van der Waals surface area contributed by atoms with Gasteiger partial charge in [-0.05, 0) is 23.5 Å². The Hall–Kier alpha value is -2.28. The second kappa shape index (κ2) is 15.3. The van der Waals surface area contributed by atoms with Gasteiger partial charge in [0.25, 0.3) is 0 Å². The van der Waals surface area contributed by atoms with Crippen LogP contribution in [-0.2, 0) is 20.9 Å². The van der Waals surface area contributed by atoms with Gasteiger partial charge in [0, 0.05) is 45.7 Å². The standard InChI is InChI=1S/C28H40N6O4S.2ClH/c1-18-24(39-17-31-18)20-7-5-19(6-8-20)14-30-26(37)22-13-21(35)15-34(22)27(38)25(28(2,3)4)32-23(36)16-33-11-9-29-10-12-33;;/h5-8,17,21-22,25,29,35H,9-16H2,1-4H3,(H,30,37)(H,32,36);2*1H/t21-,22+,25-;;/m1../s1. The van der Waals surface area contributed by atoms with Crippen molar-refractivity contribution in [1.29, 1.82) is 0 Å². The molecule has 0 radical (unpaired) electrons. The lowest BCUT2D eigenvalue weighted by atomic mass is 9.85. The van der Waals surface area contributed by atoms with Gasteiger partial charge in [-0.3, -0.25) is 19.3 Å². The number of hydrogen-bond donors (Lipinski definition) is 4. The molecular formula is C28H42Cl2N6O4S. The van der Waals surface area contributed by atoms with Crippen LogP contribution in [0.25, 0.3) is 10.4 Å². The molecule has 4 N–H and O–H groups in total. The second-order valence-electron chi connectivity index (χ2n) is 11.5. The predicted molar refractivity (Wildman–Crippen MR) is 165 cm³/mol. The van der Waals surface area contributed by atoms with Gasteiger partial charge in [-0.25, -0.2) is 4.98 Å². The van der Waals surface area contributed by atoms with Crippen LogP contribution in [0, 0.1) is 12.3 Å². The molecule has 10 nitrogen and oxygen atoms in total. The molecule has 4 rings (SSSR count). The van der Waals surface area contributed by atoms with Crippen molar-refractivity contribution in [1.82, 2.24) is 30.7 Å². The first kappa shape index (κ1) is 34.9. The molecule has 0 bridgehead atoms. The number of aliphatic hydroxyl groups is 1. The zero-order chi connectivity index (χ0) is 28.2. The van der Waals surface area contributed by atoms with Gasteiger partial charge in [0.15, 0.2) is 0 Å². The van der Waals surface area contributed by atoms with Crippen molar-refractivity contribution in [3.8, 4) is 10.4 Å². The van der Waals surface area contributed by atoms with Crippen molar-refractivity contribution >= 4 is 53.9 Å². The number of carbonyl (C=O) groups is 3. The van der Waals surface area contributed by atoms with E-state index >= 15 is 0 Å². The summed E-state index contributed by atoms with van der Waals surface area (Å²) in [6.07, 6.45) is -0.643. The molecule has 3 atom stereocenters. The van der Waals surface area contributed by atoms with Gasteiger partial charge in [0.1, 0.15) is 12.1 Å². The third kappa shape index (κ3) is 9.10. The third-order valence-electron chi connectivity index (χ3n) is 7.29. The molecule has 0 spiro atoms. The van der Waals surface area contributed by atoms with Crippen molar-refractivity contribution in [3.05, 3.63) is 41.0 Å². The van der Waals surface area contributed by atoms with E-state index in [0.29, 0.717) is 6.54 Å². The molecular weight excluding hydrogens is 587 g/mol. The maximum absolute atomic E-state index is 13.7. The van der Waals surface area contributed by atoms with Gasteiger partial charge in [0.05, 0.1) is 28.7 Å². The number of carbonyl (C=O) groups excluding carboxylic acids is 3. The molecule has 1 aromatic carbocycles. The molecule has 41 heavy (non-hydrogen) atoms. The molecule has 2 fully saturated rings. The van der Waals surface area contributed by atoms with Crippen LogP contribution in [0.5, 0.6) is 0 Å². The van der Waals surface area contributed by atoms with Crippen LogP contribution in [0.3, 0.4) is 0 Å². The van der Waals surface area contributed by atoms with E-state index in [1.165, 1.54) is 4.90 Å². The Morgan fingerprint density at radius 2 is 1.80 bits per heavy atom.